The average molecular weight is 529 g/mol. The lowest BCUT2D eigenvalue weighted by molar-refractivity contribution is -0.117. The lowest BCUT2D eigenvalue weighted by atomic mass is 9.94. The van der Waals surface area contributed by atoms with E-state index in [1.807, 2.05) is 0 Å². The van der Waals surface area contributed by atoms with Crippen molar-refractivity contribution in [3.05, 3.63) is 77.6 Å². The van der Waals surface area contributed by atoms with Crippen molar-refractivity contribution >= 4 is 27.7 Å². The summed E-state index contributed by atoms with van der Waals surface area (Å²) in [4.78, 5) is 34.4. The first-order chi connectivity index (χ1) is 17.7. The van der Waals surface area contributed by atoms with Gasteiger partial charge < -0.3 is 0 Å². The van der Waals surface area contributed by atoms with Crippen LogP contribution in [0, 0.1) is 17.6 Å². The van der Waals surface area contributed by atoms with E-state index in [0.29, 0.717) is 37.1 Å². The van der Waals surface area contributed by atoms with Crippen LogP contribution in [0.2, 0.25) is 0 Å². The number of nitrogens with zero attached hydrogens (tertiary/aromatic N) is 3. The van der Waals surface area contributed by atoms with Gasteiger partial charge in [0.15, 0.2) is 0 Å². The molecule has 0 aliphatic carbocycles. The number of hydrogen-bond donors (Lipinski definition) is 1. The van der Waals surface area contributed by atoms with Gasteiger partial charge in [-0.3, -0.25) is 14.9 Å². The monoisotopic (exact) mass is 528 g/mol. The lowest BCUT2D eigenvalue weighted by Gasteiger charge is -2.30. The SMILES string of the molecule is CCS(=O)(=O)N1CCC(CC(=O)Nc2ncc(-c3ccc(F)cc3)c(C(=O)c3ccc(F)cc3)n2)CC1. The minimum Gasteiger partial charge on any atom is -0.295 e. The molecule has 1 aliphatic rings. The molecule has 4 rings (SSSR count). The minimum absolute atomic E-state index is 0.00196. The lowest BCUT2D eigenvalue weighted by Crippen LogP contribution is -2.39. The number of aromatic nitrogens is 2. The molecule has 11 heteroatoms. The number of nitrogens with one attached hydrogen (secondary N) is 1. The number of carbonyl (C=O) groups is 2. The molecule has 2 aromatic carbocycles. The van der Waals surface area contributed by atoms with Crippen molar-refractivity contribution in [2.75, 3.05) is 24.2 Å². The molecule has 0 saturated carbocycles. The molecule has 0 radical (unpaired) electrons. The highest BCUT2D eigenvalue weighted by Crippen LogP contribution is 2.26. The maximum atomic E-state index is 13.4. The van der Waals surface area contributed by atoms with E-state index in [9.17, 15) is 26.8 Å². The quantitative estimate of drug-likeness (QED) is 0.442. The van der Waals surface area contributed by atoms with Crippen LogP contribution >= 0.6 is 0 Å². The molecule has 37 heavy (non-hydrogen) atoms. The van der Waals surface area contributed by atoms with E-state index < -0.39 is 27.4 Å². The number of benzene rings is 2. The molecule has 8 nitrogen and oxygen atoms in total. The summed E-state index contributed by atoms with van der Waals surface area (Å²) in [5.41, 5.74) is 0.992. The van der Waals surface area contributed by atoms with E-state index in [2.05, 4.69) is 15.3 Å². The van der Waals surface area contributed by atoms with Gasteiger partial charge in [-0.1, -0.05) is 12.1 Å². The van der Waals surface area contributed by atoms with E-state index in [0.717, 1.165) is 12.1 Å². The molecule has 1 fully saturated rings. The topological polar surface area (TPSA) is 109 Å². The van der Waals surface area contributed by atoms with E-state index >= 15 is 0 Å². The number of rotatable bonds is 8. The predicted octanol–water partition coefficient (Wildman–Crippen LogP) is 4.04. The fourth-order valence-corrected chi connectivity index (χ4v) is 5.34. The van der Waals surface area contributed by atoms with E-state index in [1.165, 1.54) is 46.9 Å². The van der Waals surface area contributed by atoms with Gasteiger partial charge in [-0.2, -0.15) is 0 Å². The van der Waals surface area contributed by atoms with Crippen LogP contribution in [0.15, 0.2) is 54.7 Å². The molecule has 2 heterocycles. The fourth-order valence-electron chi connectivity index (χ4n) is 4.21. The number of piperidine rings is 1. The smallest absolute Gasteiger partial charge is 0.230 e. The highest BCUT2D eigenvalue weighted by atomic mass is 32.2. The summed E-state index contributed by atoms with van der Waals surface area (Å²) >= 11 is 0. The second kappa shape index (κ2) is 11.2. The first-order valence-electron chi connectivity index (χ1n) is 11.9. The van der Waals surface area contributed by atoms with Crippen LogP contribution < -0.4 is 5.32 Å². The van der Waals surface area contributed by atoms with Crippen molar-refractivity contribution < 1.29 is 26.8 Å². The molecule has 0 spiro atoms. The predicted molar refractivity (Wildman–Crippen MR) is 134 cm³/mol. The number of hydrogen-bond acceptors (Lipinski definition) is 6. The Kier molecular flexibility index (Phi) is 8.03. The van der Waals surface area contributed by atoms with E-state index in [-0.39, 0.29) is 41.2 Å². The molecule has 1 aliphatic heterocycles. The number of ketones is 1. The Balaban J connectivity index is 1.52. The van der Waals surface area contributed by atoms with Gasteiger partial charge in [0.1, 0.15) is 17.3 Å². The zero-order valence-corrected chi connectivity index (χ0v) is 21.0. The number of sulfonamides is 1. The van der Waals surface area contributed by atoms with Gasteiger partial charge in [0.2, 0.25) is 27.7 Å². The Labute approximate surface area is 213 Å². The molecule has 3 aromatic rings. The summed E-state index contributed by atoms with van der Waals surface area (Å²) in [5.74, 6) is -1.84. The van der Waals surface area contributed by atoms with Gasteiger partial charge in [-0.25, -0.2) is 31.5 Å². The maximum absolute atomic E-state index is 13.4. The van der Waals surface area contributed by atoms with Crippen LogP contribution in [-0.4, -0.2) is 53.2 Å². The molecule has 0 unspecified atom stereocenters. The average Bonchev–Trinajstić information content (AvgIpc) is 2.89. The standard InChI is InChI=1S/C26H26F2N4O4S/c1-2-37(35,36)32-13-11-17(12-14-32)15-23(33)30-26-29-16-22(18-3-7-20(27)8-4-18)24(31-26)25(34)19-5-9-21(28)10-6-19/h3-10,16-17H,2,11-15H2,1H3,(H,29,30,31,33). The minimum atomic E-state index is -3.25. The normalized spacial score (nSPS) is 14.9. The molecular formula is C26H26F2N4O4S. The van der Waals surface area contributed by atoms with Crippen LogP contribution in [0.1, 0.15) is 42.2 Å². The first kappa shape index (κ1) is 26.5. The first-order valence-corrected chi connectivity index (χ1v) is 13.5. The number of halogens is 2. The second-order valence-corrected chi connectivity index (χ2v) is 11.1. The Hall–Kier alpha value is -3.57. The third kappa shape index (κ3) is 6.41. The maximum Gasteiger partial charge on any atom is 0.230 e. The summed E-state index contributed by atoms with van der Waals surface area (Å²) in [6.45, 7) is 2.34. The zero-order valence-electron chi connectivity index (χ0n) is 20.2. The summed E-state index contributed by atoms with van der Waals surface area (Å²) in [5, 5.41) is 2.62. The van der Waals surface area contributed by atoms with Gasteiger partial charge in [-0.05, 0) is 67.6 Å². The highest BCUT2D eigenvalue weighted by molar-refractivity contribution is 7.89. The van der Waals surface area contributed by atoms with Crippen LogP contribution in [0.25, 0.3) is 11.1 Å². The van der Waals surface area contributed by atoms with Crippen LogP contribution in [-0.2, 0) is 14.8 Å². The van der Waals surface area contributed by atoms with Crippen molar-refractivity contribution in [2.45, 2.75) is 26.2 Å². The fraction of sp³-hybridized carbons (Fsp3) is 0.308. The largest absolute Gasteiger partial charge is 0.295 e. The highest BCUT2D eigenvalue weighted by Gasteiger charge is 2.28. The molecule has 194 valence electrons. The molecular weight excluding hydrogens is 502 g/mol. The Morgan fingerprint density at radius 3 is 2.19 bits per heavy atom. The van der Waals surface area contributed by atoms with Gasteiger partial charge in [0, 0.05) is 36.8 Å². The van der Waals surface area contributed by atoms with Gasteiger partial charge in [0.05, 0.1) is 5.75 Å². The number of carbonyl (C=O) groups excluding carboxylic acids is 2. The summed E-state index contributed by atoms with van der Waals surface area (Å²) in [6, 6.07) is 10.4. The van der Waals surface area contributed by atoms with Crippen LogP contribution in [0.3, 0.4) is 0 Å². The Morgan fingerprint density at radius 2 is 1.59 bits per heavy atom. The van der Waals surface area contributed by atoms with E-state index in [1.54, 1.807) is 6.92 Å². The van der Waals surface area contributed by atoms with Gasteiger partial charge >= 0.3 is 0 Å². The molecule has 0 atom stereocenters. The Bertz CT molecular complexity index is 1390. The van der Waals surface area contributed by atoms with Crippen LogP contribution in [0.4, 0.5) is 14.7 Å². The molecule has 1 N–H and O–H groups in total. The Morgan fingerprint density at radius 1 is 1.00 bits per heavy atom. The molecule has 1 saturated heterocycles. The number of anilines is 1. The van der Waals surface area contributed by atoms with Gasteiger partial charge in [-0.15, -0.1) is 0 Å². The van der Waals surface area contributed by atoms with Crippen molar-refractivity contribution in [1.29, 1.82) is 0 Å². The third-order valence-corrected chi connectivity index (χ3v) is 8.20. The summed E-state index contributed by atoms with van der Waals surface area (Å²) in [6.07, 6.45) is 2.65. The van der Waals surface area contributed by atoms with Crippen LogP contribution in [0.5, 0.6) is 0 Å². The molecule has 1 aromatic heterocycles. The second-order valence-electron chi connectivity index (χ2n) is 8.79. The van der Waals surface area contributed by atoms with Crippen molar-refractivity contribution in [2.24, 2.45) is 5.92 Å². The zero-order chi connectivity index (χ0) is 26.6. The van der Waals surface area contributed by atoms with Gasteiger partial charge in [0.25, 0.3) is 0 Å². The number of amides is 1. The molecule has 1 amide bonds. The van der Waals surface area contributed by atoms with Crippen molar-refractivity contribution in [3.8, 4) is 11.1 Å². The summed E-state index contributed by atoms with van der Waals surface area (Å²) in [7, 11) is -3.25. The van der Waals surface area contributed by atoms with E-state index in [4.69, 9.17) is 0 Å². The van der Waals surface area contributed by atoms with Crippen molar-refractivity contribution in [1.82, 2.24) is 14.3 Å². The molecule has 0 bridgehead atoms. The van der Waals surface area contributed by atoms with Crippen molar-refractivity contribution in [3.63, 3.8) is 0 Å². The summed E-state index contributed by atoms with van der Waals surface area (Å²) < 4.78 is 52.4. The third-order valence-electron chi connectivity index (χ3n) is 6.32.